The predicted octanol–water partition coefficient (Wildman–Crippen LogP) is 3.37. The molecule has 0 bridgehead atoms. The van der Waals surface area contributed by atoms with Crippen LogP contribution >= 0.6 is 0 Å². The second-order valence-corrected chi connectivity index (χ2v) is 6.14. The van der Waals surface area contributed by atoms with Crippen molar-refractivity contribution in [2.45, 2.75) is 39.7 Å². The Labute approximate surface area is 140 Å². The van der Waals surface area contributed by atoms with Gasteiger partial charge in [-0.3, -0.25) is 4.79 Å². The number of cyclic esters (lactones) is 1. The summed E-state index contributed by atoms with van der Waals surface area (Å²) in [5.41, 5.74) is 2.49. The maximum atomic E-state index is 12.0. The molecule has 0 amide bonds. The highest BCUT2D eigenvalue weighted by Gasteiger charge is 2.36. The molecule has 0 aliphatic carbocycles. The molecule has 24 heavy (non-hydrogen) atoms. The molecule has 0 spiro atoms. The molecule has 130 valence electrons. The molecule has 2 N–H and O–H groups in total. The molecule has 0 saturated heterocycles. The highest BCUT2D eigenvalue weighted by Crippen LogP contribution is 2.44. The maximum Gasteiger partial charge on any atom is 0.342 e. The van der Waals surface area contributed by atoms with Gasteiger partial charge in [-0.05, 0) is 25.8 Å². The molecule has 0 saturated carbocycles. The zero-order valence-corrected chi connectivity index (χ0v) is 14.3. The van der Waals surface area contributed by atoms with Crippen LogP contribution in [-0.4, -0.2) is 29.3 Å². The number of esters is 1. The van der Waals surface area contributed by atoms with Crippen LogP contribution in [0, 0.1) is 12.8 Å². The van der Waals surface area contributed by atoms with Crippen molar-refractivity contribution in [1.29, 1.82) is 0 Å². The average molecular weight is 334 g/mol. The van der Waals surface area contributed by atoms with Gasteiger partial charge in [0.1, 0.15) is 23.2 Å². The number of benzene rings is 1. The quantitative estimate of drug-likeness (QED) is 0.612. The fourth-order valence-electron chi connectivity index (χ4n) is 2.97. The molecule has 1 aromatic rings. The summed E-state index contributed by atoms with van der Waals surface area (Å²) in [7, 11) is 1.50. The Morgan fingerprint density at radius 3 is 2.75 bits per heavy atom. The van der Waals surface area contributed by atoms with Crippen LogP contribution in [0.1, 0.15) is 54.3 Å². The predicted molar refractivity (Wildman–Crippen MR) is 87.3 cm³/mol. The molecule has 2 rings (SSSR count). The summed E-state index contributed by atoms with van der Waals surface area (Å²) in [6.45, 7) is 5.32. The van der Waals surface area contributed by atoms with Crippen molar-refractivity contribution >= 4 is 11.9 Å². The lowest BCUT2D eigenvalue weighted by Gasteiger charge is -2.14. The summed E-state index contributed by atoms with van der Waals surface area (Å²) < 4.78 is 10.6. The third-order valence-electron chi connectivity index (χ3n) is 4.29. The summed E-state index contributed by atoms with van der Waals surface area (Å²) in [4.78, 5) is 23.0. The molecular formula is C18H22O6. The van der Waals surface area contributed by atoms with Crippen LogP contribution in [0.25, 0.3) is 0 Å². The third kappa shape index (κ3) is 3.37. The minimum Gasteiger partial charge on any atom is -0.507 e. The summed E-state index contributed by atoms with van der Waals surface area (Å²) in [6.07, 6.45) is 2.22. The van der Waals surface area contributed by atoms with E-state index >= 15 is 0 Å². The Hall–Kier alpha value is -2.50. The average Bonchev–Trinajstić information content (AvgIpc) is 2.86. The van der Waals surface area contributed by atoms with E-state index in [0.29, 0.717) is 24.2 Å². The highest BCUT2D eigenvalue weighted by atomic mass is 16.5. The number of carboxylic acid groups (broad SMARTS) is 1. The number of rotatable bonds is 6. The van der Waals surface area contributed by atoms with Crippen LogP contribution < -0.4 is 4.74 Å². The SMILES string of the molecule is COc1cc(O)c2c(c1C)C(CC=C(C)C[C@@H](C)C(=O)O)OC2=O. The van der Waals surface area contributed by atoms with Gasteiger partial charge in [-0.2, -0.15) is 0 Å². The summed E-state index contributed by atoms with van der Waals surface area (Å²) in [5, 5.41) is 19.0. The number of aliphatic carboxylic acids is 1. The minimum absolute atomic E-state index is 0.153. The van der Waals surface area contributed by atoms with E-state index in [2.05, 4.69) is 0 Å². The molecule has 1 aromatic carbocycles. The lowest BCUT2D eigenvalue weighted by atomic mass is 9.94. The number of aromatic hydroxyl groups is 1. The highest BCUT2D eigenvalue weighted by molar-refractivity contribution is 5.98. The monoisotopic (exact) mass is 334 g/mol. The number of phenols is 1. The smallest absolute Gasteiger partial charge is 0.342 e. The topological polar surface area (TPSA) is 93.1 Å². The first-order valence-corrected chi connectivity index (χ1v) is 7.76. The molecule has 0 fully saturated rings. The summed E-state index contributed by atoms with van der Waals surface area (Å²) in [5.74, 6) is -1.52. The van der Waals surface area contributed by atoms with E-state index in [9.17, 15) is 14.7 Å². The van der Waals surface area contributed by atoms with Crippen molar-refractivity contribution < 1.29 is 29.3 Å². The molecule has 1 heterocycles. The van der Waals surface area contributed by atoms with Crippen molar-refractivity contribution in [2.75, 3.05) is 7.11 Å². The zero-order chi connectivity index (χ0) is 18.0. The Bertz CT molecular complexity index is 704. The van der Waals surface area contributed by atoms with E-state index in [-0.39, 0.29) is 11.3 Å². The second kappa shape index (κ2) is 6.95. The molecule has 6 heteroatoms. The van der Waals surface area contributed by atoms with Crippen LogP contribution in [0.2, 0.25) is 0 Å². The van der Waals surface area contributed by atoms with E-state index in [1.54, 1.807) is 6.92 Å². The van der Waals surface area contributed by atoms with Crippen molar-refractivity contribution in [1.82, 2.24) is 0 Å². The zero-order valence-electron chi connectivity index (χ0n) is 14.3. The Kier molecular flexibility index (Phi) is 5.17. The standard InChI is InChI=1S/C18H22O6/c1-9(7-10(2)17(20)21)5-6-13-15-11(3)14(23-4)8-12(19)16(15)18(22)24-13/h5,8,10,13,19H,6-7H2,1-4H3,(H,20,21)/t10-,13?/m1/s1. The van der Waals surface area contributed by atoms with E-state index in [0.717, 1.165) is 11.1 Å². The number of ether oxygens (including phenoxy) is 2. The van der Waals surface area contributed by atoms with Crippen molar-refractivity contribution in [3.05, 3.63) is 34.4 Å². The van der Waals surface area contributed by atoms with E-state index in [4.69, 9.17) is 14.6 Å². The number of fused-ring (bicyclic) bond motifs is 1. The number of methoxy groups -OCH3 is 1. The lowest BCUT2D eigenvalue weighted by Crippen LogP contribution is -2.09. The van der Waals surface area contributed by atoms with Crippen LogP contribution in [0.4, 0.5) is 0 Å². The molecular weight excluding hydrogens is 312 g/mol. The minimum atomic E-state index is -0.842. The molecule has 1 aliphatic rings. The number of phenolic OH excluding ortho intramolecular Hbond substituents is 1. The van der Waals surface area contributed by atoms with Gasteiger partial charge in [-0.1, -0.05) is 18.6 Å². The molecule has 6 nitrogen and oxygen atoms in total. The van der Waals surface area contributed by atoms with Crippen LogP contribution in [0.3, 0.4) is 0 Å². The van der Waals surface area contributed by atoms with Crippen LogP contribution in [0.15, 0.2) is 17.7 Å². The number of hydrogen-bond donors (Lipinski definition) is 2. The summed E-state index contributed by atoms with van der Waals surface area (Å²) in [6, 6.07) is 1.41. The number of carbonyl (C=O) groups excluding carboxylic acids is 1. The number of carbonyl (C=O) groups is 2. The first kappa shape index (κ1) is 17.8. The number of carboxylic acids is 1. The van der Waals surface area contributed by atoms with Gasteiger partial charge in [0.2, 0.25) is 0 Å². The molecule has 0 aromatic heterocycles. The van der Waals surface area contributed by atoms with E-state index in [1.165, 1.54) is 13.2 Å². The third-order valence-corrected chi connectivity index (χ3v) is 4.29. The number of allylic oxidation sites excluding steroid dienone is 1. The Morgan fingerprint density at radius 2 is 2.17 bits per heavy atom. The van der Waals surface area contributed by atoms with Gasteiger partial charge in [0.15, 0.2) is 0 Å². The van der Waals surface area contributed by atoms with Crippen LogP contribution in [-0.2, 0) is 9.53 Å². The first-order valence-electron chi connectivity index (χ1n) is 7.76. The van der Waals surface area contributed by atoms with E-state index < -0.39 is 24.0 Å². The van der Waals surface area contributed by atoms with Gasteiger partial charge in [0.05, 0.1) is 13.0 Å². The lowest BCUT2D eigenvalue weighted by molar-refractivity contribution is -0.141. The van der Waals surface area contributed by atoms with Gasteiger partial charge < -0.3 is 19.7 Å². The van der Waals surface area contributed by atoms with Crippen molar-refractivity contribution in [2.24, 2.45) is 5.92 Å². The number of hydrogen-bond acceptors (Lipinski definition) is 5. The molecule has 0 radical (unpaired) electrons. The van der Waals surface area contributed by atoms with Crippen molar-refractivity contribution in [3.8, 4) is 11.5 Å². The Morgan fingerprint density at radius 1 is 1.50 bits per heavy atom. The normalized spacial score (nSPS) is 18.1. The van der Waals surface area contributed by atoms with Gasteiger partial charge in [-0.25, -0.2) is 4.79 Å². The Balaban J connectivity index is 2.26. The first-order chi connectivity index (χ1) is 11.3. The van der Waals surface area contributed by atoms with Crippen molar-refractivity contribution in [3.63, 3.8) is 0 Å². The molecule has 2 atom stereocenters. The fourth-order valence-corrected chi connectivity index (χ4v) is 2.97. The van der Waals surface area contributed by atoms with Gasteiger partial charge >= 0.3 is 11.9 Å². The summed E-state index contributed by atoms with van der Waals surface area (Å²) >= 11 is 0. The van der Waals surface area contributed by atoms with E-state index in [1.807, 2.05) is 19.9 Å². The van der Waals surface area contributed by atoms with Gasteiger partial charge in [0, 0.05) is 18.1 Å². The van der Waals surface area contributed by atoms with Gasteiger partial charge in [-0.15, -0.1) is 0 Å². The maximum absolute atomic E-state index is 12.0. The van der Waals surface area contributed by atoms with Gasteiger partial charge in [0.25, 0.3) is 0 Å². The fraction of sp³-hybridized carbons (Fsp3) is 0.444. The molecule has 1 aliphatic heterocycles. The largest absolute Gasteiger partial charge is 0.507 e. The molecule has 1 unspecified atom stereocenters. The van der Waals surface area contributed by atoms with Crippen LogP contribution in [0.5, 0.6) is 11.5 Å². The second-order valence-electron chi connectivity index (χ2n) is 6.14.